The van der Waals surface area contributed by atoms with Gasteiger partial charge in [-0.15, -0.1) is 0 Å². The molecule has 1 aromatic carbocycles. The van der Waals surface area contributed by atoms with Gasteiger partial charge in [-0.3, -0.25) is 4.79 Å². The second kappa shape index (κ2) is 5.66. The summed E-state index contributed by atoms with van der Waals surface area (Å²) in [5, 5.41) is 2.92. The number of nitrogens with two attached hydrogens (primary N) is 1. The first-order chi connectivity index (χ1) is 7.13. The van der Waals surface area contributed by atoms with Crippen LogP contribution in [0.4, 0.5) is 5.69 Å². The maximum atomic E-state index is 11.3. The second-order valence-corrected chi connectivity index (χ2v) is 4.25. The van der Waals surface area contributed by atoms with E-state index in [9.17, 15) is 4.79 Å². The molecule has 0 radical (unpaired) electrons. The van der Waals surface area contributed by atoms with Gasteiger partial charge in [0.1, 0.15) is 0 Å². The van der Waals surface area contributed by atoms with E-state index in [1.807, 2.05) is 37.4 Å². The highest BCUT2D eigenvalue weighted by Crippen LogP contribution is 2.14. The van der Waals surface area contributed by atoms with Crippen molar-refractivity contribution < 1.29 is 4.79 Å². The van der Waals surface area contributed by atoms with Crippen molar-refractivity contribution in [1.82, 2.24) is 5.32 Å². The highest BCUT2D eigenvalue weighted by Gasteiger charge is 2.08. The average molecular weight is 224 g/mol. The molecule has 0 saturated carbocycles. The summed E-state index contributed by atoms with van der Waals surface area (Å²) in [6, 6.07) is 7.57. The van der Waals surface area contributed by atoms with E-state index in [1.54, 1.807) is 0 Å². The molecule has 0 aliphatic rings. The summed E-state index contributed by atoms with van der Waals surface area (Å²) in [6.45, 7) is 1.96. The molecule has 0 aliphatic heterocycles. The van der Waals surface area contributed by atoms with Crippen molar-refractivity contribution in [3.8, 4) is 0 Å². The molecular weight excluding hydrogens is 208 g/mol. The van der Waals surface area contributed by atoms with Crippen molar-refractivity contribution >= 4 is 23.4 Å². The van der Waals surface area contributed by atoms with Crippen LogP contribution in [0, 0.1) is 0 Å². The molecule has 3 nitrogen and oxygen atoms in total. The van der Waals surface area contributed by atoms with Gasteiger partial charge in [-0.25, -0.2) is 0 Å². The van der Waals surface area contributed by atoms with Crippen LogP contribution < -0.4 is 11.1 Å². The van der Waals surface area contributed by atoms with Crippen molar-refractivity contribution in [3.05, 3.63) is 29.8 Å². The van der Waals surface area contributed by atoms with Gasteiger partial charge in [0.2, 0.25) is 5.91 Å². The molecule has 0 saturated heterocycles. The number of nitrogen functional groups attached to an aromatic ring is 1. The van der Waals surface area contributed by atoms with Crippen molar-refractivity contribution in [3.63, 3.8) is 0 Å². The lowest BCUT2D eigenvalue weighted by atomic mass is 10.1. The fraction of sp³-hybridized carbons (Fsp3) is 0.364. The van der Waals surface area contributed by atoms with Gasteiger partial charge in [-0.1, -0.05) is 12.1 Å². The molecule has 1 aromatic rings. The summed E-state index contributed by atoms with van der Waals surface area (Å²) in [5.74, 6) is 0.561. The average Bonchev–Trinajstić information content (AvgIpc) is 2.18. The Morgan fingerprint density at radius 2 is 2.07 bits per heavy atom. The van der Waals surface area contributed by atoms with Crippen molar-refractivity contribution in [2.75, 3.05) is 17.7 Å². The third kappa shape index (κ3) is 3.83. The van der Waals surface area contributed by atoms with E-state index in [1.165, 1.54) is 11.8 Å². The normalized spacial score (nSPS) is 12.1. The number of hydrogen-bond acceptors (Lipinski definition) is 3. The summed E-state index contributed by atoms with van der Waals surface area (Å²) in [6.07, 6.45) is 1.91. The van der Waals surface area contributed by atoms with Gasteiger partial charge in [0.15, 0.2) is 0 Å². The smallest absolute Gasteiger partial charge is 0.230 e. The summed E-state index contributed by atoms with van der Waals surface area (Å²) in [5.41, 5.74) is 7.39. The van der Waals surface area contributed by atoms with Crippen LogP contribution in [0.3, 0.4) is 0 Å². The van der Waals surface area contributed by atoms with Gasteiger partial charge in [0.05, 0.1) is 11.8 Å². The maximum Gasteiger partial charge on any atom is 0.230 e. The third-order valence-corrected chi connectivity index (χ3v) is 2.64. The molecule has 0 fully saturated rings. The Bertz CT molecular complexity index is 324. The summed E-state index contributed by atoms with van der Waals surface area (Å²) < 4.78 is 0. The highest BCUT2D eigenvalue weighted by atomic mass is 32.2. The third-order valence-electron chi connectivity index (χ3n) is 2.09. The van der Waals surface area contributed by atoms with Crippen molar-refractivity contribution in [2.45, 2.75) is 13.0 Å². The number of thioether (sulfide) groups is 1. The van der Waals surface area contributed by atoms with Crippen LogP contribution in [0.25, 0.3) is 0 Å². The molecule has 15 heavy (non-hydrogen) atoms. The number of amides is 1. The molecule has 1 rings (SSSR count). The van der Waals surface area contributed by atoms with Crippen LogP contribution in [0.15, 0.2) is 24.3 Å². The van der Waals surface area contributed by atoms with E-state index >= 15 is 0 Å². The first-order valence-electron chi connectivity index (χ1n) is 4.77. The Labute approximate surface area is 94.4 Å². The Kier molecular flexibility index (Phi) is 4.49. The first kappa shape index (κ1) is 11.9. The van der Waals surface area contributed by atoms with Crippen LogP contribution in [0.5, 0.6) is 0 Å². The van der Waals surface area contributed by atoms with Crippen LogP contribution in [-0.2, 0) is 4.79 Å². The van der Waals surface area contributed by atoms with Crippen LogP contribution in [0.2, 0.25) is 0 Å². The second-order valence-electron chi connectivity index (χ2n) is 3.39. The lowest BCUT2D eigenvalue weighted by molar-refractivity contribution is -0.119. The summed E-state index contributed by atoms with van der Waals surface area (Å²) in [7, 11) is 0. The summed E-state index contributed by atoms with van der Waals surface area (Å²) >= 11 is 1.52. The lowest BCUT2D eigenvalue weighted by Gasteiger charge is -2.13. The van der Waals surface area contributed by atoms with E-state index in [4.69, 9.17) is 5.73 Å². The molecule has 4 heteroatoms. The van der Waals surface area contributed by atoms with Gasteiger partial charge < -0.3 is 11.1 Å². The maximum absolute atomic E-state index is 11.3. The number of anilines is 1. The molecular formula is C11H16N2OS. The minimum atomic E-state index is 0.0326. The fourth-order valence-corrected chi connectivity index (χ4v) is 1.63. The first-order valence-corrected chi connectivity index (χ1v) is 6.16. The fourth-order valence-electron chi connectivity index (χ4n) is 1.28. The number of carbonyl (C=O) groups is 1. The minimum Gasteiger partial charge on any atom is -0.399 e. The van der Waals surface area contributed by atoms with Gasteiger partial charge in [-0.05, 0) is 30.9 Å². The molecule has 0 heterocycles. The minimum absolute atomic E-state index is 0.0326. The predicted molar refractivity (Wildman–Crippen MR) is 65.8 cm³/mol. The van der Waals surface area contributed by atoms with Gasteiger partial charge in [-0.2, -0.15) is 11.8 Å². The number of rotatable bonds is 4. The molecule has 0 bridgehead atoms. The number of benzene rings is 1. The molecule has 1 atom stereocenters. The number of hydrogen-bond donors (Lipinski definition) is 2. The molecule has 0 aromatic heterocycles. The van der Waals surface area contributed by atoms with E-state index in [0.717, 1.165) is 11.3 Å². The largest absolute Gasteiger partial charge is 0.399 e. The monoisotopic (exact) mass is 224 g/mol. The van der Waals surface area contributed by atoms with E-state index in [2.05, 4.69) is 5.32 Å². The predicted octanol–water partition coefficient (Wildman–Crippen LogP) is 1.81. The Morgan fingerprint density at radius 1 is 1.47 bits per heavy atom. The van der Waals surface area contributed by atoms with Crippen LogP contribution >= 0.6 is 11.8 Å². The summed E-state index contributed by atoms with van der Waals surface area (Å²) in [4.78, 5) is 11.3. The topological polar surface area (TPSA) is 55.1 Å². The zero-order valence-corrected chi connectivity index (χ0v) is 9.80. The van der Waals surface area contributed by atoms with Crippen molar-refractivity contribution in [1.29, 1.82) is 0 Å². The molecule has 0 spiro atoms. The van der Waals surface area contributed by atoms with E-state index < -0.39 is 0 Å². The quantitative estimate of drug-likeness (QED) is 0.767. The molecule has 1 amide bonds. The molecule has 82 valence electrons. The van der Waals surface area contributed by atoms with Crippen LogP contribution in [-0.4, -0.2) is 17.9 Å². The highest BCUT2D eigenvalue weighted by molar-refractivity contribution is 7.99. The van der Waals surface area contributed by atoms with E-state index in [-0.39, 0.29) is 11.9 Å². The van der Waals surface area contributed by atoms with Gasteiger partial charge >= 0.3 is 0 Å². The Morgan fingerprint density at radius 3 is 2.60 bits per heavy atom. The molecule has 3 N–H and O–H groups in total. The molecule has 1 unspecified atom stereocenters. The van der Waals surface area contributed by atoms with Crippen LogP contribution in [0.1, 0.15) is 18.5 Å². The van der Waals surface area contributed by atoms with Crippen molar-refractivity contribution in [2.24, 2.45) is 0 Å². The Balaban J connectivity index is 2.57. The van der Waals surface area contributed by atoms with Gasteiger partial charge in [0, 0.05) is 5.69 Å². The standard InChI is InChI=1S/C11H16N2OS/c1-8(13-11(14)7-15-2)9-3-5-10(12)6-4-9/h3-6,8H,7,12H2,1-2H3,(H,13,14). The SMILES string of the molecule is CSCC(=O)NC(C)c1ccc(N)cc1. The molecule has 0 aliphatic carbocycles. The number of nitrogens with one attached hydrogen (secondary N) is 1. The zero-order valence-electron chi connectivity index (χ0n) is 8.99. The van der Waals surface area contributed by atoms with E-state index in [0.29, 0.717) is 5.75 Å². The number of carbonyl (C=O) groups excluding carboxylic acids is 1. The zero-order chi connectivity index (χ0) is 11.3. The lowest BCUT2D eigenvalue weighted by Crippen LogP contribution is -2.28. The Hall–Kier alpha value is -1.16. The van der Waals surface area contributed by atoms with Gasteiger partial charge in [0.25, 0.3) is 0 Å².